The third kappa shape index (κ3) is 4.03. The summed E-state index contributed by atoms with van der Waals surface area (Å²) < 4.78 is 5.35. The van der Waals surface area contributed by atoms with Crippen molar-refractivity contribution in [2.75, 3.05) is 13.1 Å². The molecule has 0 radical (unpaired) electrons. The molecule has 2 heterocycles. The predicted molar refractivity (Wildman–Crippen MR) is 83.3 cm³/mol. The molecule has 0 amide bonds. The van der Waals surface area contributed by atoms with Crippen molar-refractivity contribution < 1.29 is 4.52 Å². The van der Waals surface area contributed by atoms with Gasteiger partial charge in [0.25, 0.3) is 0 Å². The molecular weight excluding hydrogens is 288 g/mol. The van der Waals surface area contributed by atoms with Gasteiger partial charge < -0.3 is 10.3 Å². The number of hydrogen-bond acceptors (Lipinski definition) is 5. The van der Waals surface area contributed by atoms with Gasteiger partial charge >= 0.3 is 0 Å². The third-order valence-corrected chi connectivity index (χ3v) is 3.82. The summed E-state index contributed by atoms with van der Waals surface area (Å²) in [6, 6.07) is 10.6. The van der Waals surface area contributed by atoms with E-state index in [1.807, 2.05) is 18.2 Å². The second-order valence-corrected chi connectivity index (χ2v) is 5.27. The Hall–Kier alpha value is -1.43. The minimum Gasteiger partial charge on any atom is -0.338 e. The highest BCUT2D eigenvalue weighted by molar-refractivity contribution is 5.85. The van der Waals surface area contributed by atoms with Crippen molar-refractivity contribution in [2.45, 2.75) is 31.8 Å². The molecule has 6 heteroatoms. The number of hydrogen-bond donors (Lipinski definition) is 1. The zero-order valence-electron chi connectivity index (χ0n) is 11.9. The Morgan fingerprint density at radius 3 is 2.86 bits per heavy atom. The van der Waals surface area contributed by atoms with Crippen molar-refractivity contribution in [3.63, 3.8) is 0 Å². The van der Waals surface area contributed by atoms with Crippen molar-refractivity contribution in [3.05, 3.63) is 47.6 Å². The first kappa shape index (κ1) is 15.9. The molecule has 0 spiro atoms. The second-order valence-electron chi connectivity index (χ2n) is 5.27. The van der Waals surface area contributed by atoms with Crippen LogP contribution in [0.2, 0.25) is 0 Å². The number of benzene rings is 1. The van der Waals surface area contributed by atoms with Crippen LogP contribution in [0.5, 0.6) is 0 Å². The summed E-state index contributed by atoms with van der Waals surface area (Å²) in [5, 5.41) is 4.06. The minimum absolute atomic E-state index is 0. The highest BCUT2D eigenvalue weighted by Crippen LogP contribution is 2.18. The molecule has 0 saturated carbocycles. The van der Waals surface area contributed by atoms with E-state index in [0.29, 0.717) is 31.4 Å². The molecule has 1 aliphatic rings. The molecule has 1 fully saturated rings. The molecule has 114 valence electrons. The summed E-state index contributed by atoms with van der Waals surface area (Å²) in [4.78, 5) is 6.81. The molecule has 1 unspecified atom stereocenters. The van der Waals surface area contributed by atoms with Gasteiger partial charge in [0.2, 0.25) is 5.89 Å². The predicted octanol–water partition coefficient (Wildman–Crippen LogP) is 2.01. The Bertz CT molecular complexity index is 546. The average Bonchev–Trinajstić information content (AvgIpc) is 3.10. The molecule has 5 nitrogen and oxygen atoms in total. The van der Waals surface area contributed by atoms with E-state index in [2.05, 4.69) is 27.2 Å². The molecular formula is C15H21ClN4O. The van der Waals surface area contributed by atoms with Gasteiger partial charge in [-0.15, -0.1) is 12.4 Å². The summed E-state index contributed by atoms with van der Waals surface area (Å²) in [7, 11) is 0. The van der Waals surface area contributed by atoms with Crippen LogP contribution in [0.15, 0.2) is 34.9 Å². The molecule has 1 aromatic heterocycles. The Balaban J connectivity index is 0.00000161. The Kier molecular flexibility index (Phi) is 5.73. The number of aromatic nitrogens is 2. The molecule has 1 saturated heterocycles. The number of nitrogens with two attached hydrogens (primary N) is 1. The molecule has 1 atom stereocenters. The van der Waals surface area contributed by atoms with E-state index < -0.39 is 0 Å². The molecule has 0 bridgehead atoms. The SMILES string of the molecule is Cl.NCC1CCCN1Cc1nc(Cc2ccccc2)no1. The maximum absolute atomic E-state index is 5.78. The van der Waals surface area contributed by atoms with Gasteiger partial charge in [0.05, 0.1) is 6.54 Å². The molecule has 3 rings (SSSR count). The molecule has 1 aliphatic heterocycles. The lowest BCUT2D eigenvalue weighted by atomic mass is 10.1. The van der Waals surface area contributed by atoms with Gasteiger partial charge in [-0.05, 0) is 24.9 Å². The largest absolute Gasteiger partial charge is 0.338 e. The molecule has 0 aliphatic carbocycles. The van der Waals surface area contributed by atoms with Gasteiger partial charge in [0.15, 0.2) is 5.82 Å². The van der Waals surface area contributed by atoms with E-state index in [-0.39, 0.29) is 12.4 Å². The Morgan fingerprint density at radius 2 is 2.10 bits per heavy atom. The second kappa shape index (κ2) is 7.54. The fourth-order valence-corrected chi connectivity index (χ4v) is 2.75. The number of likely N-dealkylation sites (tertiary alicyclic amines) is 1. The highest BCUT2D eigenvalue weighted by atomic mass is 35.5. The van der Waals surface area contributed by atoms with Gasteiger partial charge in [-0.3, -0.25) is 4.90 Å². The number of halogens is 1. The van der Waals surface area contributed by atoms with Crippen molar-refractivity contribution in [1.29, 1.82) is 0 Å². The first-order valence-corrected chi connectivity index (χ1v) is 7.14. The molecule has 21 heavy (non-hydrogen) atoms. The van der Waals surface area contributed by atoms with Crippen molar-refractivity contribution in [2.24, 2.45) is 5.73 Å². The van der Waals surface area contributed by atoms with Crippen LogP contribution in [0.25, 0.3) is 0 Å². The van der Waals surface area contributed by atoms with Crippen molar-refractivity contribution in [3.8, 4) is 0 Å². The normalized spacial score (nSPS) is 18.6. The number of rotatable bonds is 5. The van der Waals surface area contributed by atoms with E-state index in [0.717, 1.165) is 12.4 Å². The number of nitrogens with zero attached hydrogens (tertiary/aromatic N) is 3. The first-order chi connectivity index (χ1) is 9.85. The van der Waals surface area contributed by atoms with Crippen LogP contribution in [-0.4, -0.2) is 34.2 Å². The maximum atomic E-state index is 5.78. The summed E-state index contributed by atoms with van der Waals surface area (Å²) in [5.41, 5.74) is 6.97. The van der Waals surface area contributed by atoms with E-state index >= 15 is 0 Å². The quantitative estimate of drug-likeness (QED) is 0.915. The van der Waals surface area contributed by atoms with Gasteiger partial charge in [-0.2, -0.15) is 4.98 Å². The molecule has 2 N–H and O–H groups in total. The van der Waals surface area contributed by atoms with E-state index in [4.69, 9.17) is 10.3 Å². The lowest BCUT2D eigenvalue weighted by Crippen LogP contribution is -2.34. The van der Waals surface area contributed by atoms with Crippen LogP contribution >= 0.6 is 12.4 Å². The van der Waals surface area contributed by atoms with Crippen molar-refractivity contribution in [1.82, 2.24) is 15.0 Å². The van der Waals surface area contributed by atoms with Crippen LogP contribution in [0, 0.1) is 0 Å². The van der Waals surface area contributed by atoms with Crippen LogP contribution in [0.3, 0.4) is 0 Å². The summed E-state index contributed by atoms with van der Waals surface area (Å²) in [6.45, 7) is 2.48. The topological polar surface area (TPSA) is 68.2 Å². The Labute approximate surface area is 130 Å². The zero-order valence-corrected chi connectivity index (χ0v) is 12.8. The molecule has 2 aromatic rings. The van der Waals surface area contributed by atoms with Gasteiger partial charge in [0, 0.05) is 19.0 Å². The van der Waals surface area contributed by atoms with E-state index in [1.165, 1.54) is 18.4 Å². The summed E-state index contributed by atoms with van der Waals surface area (Å²) in [5.74, 6) is 1.44. The van der Waals surface area contributed by atoms with Crippen molar-refractivity contribution >= 4 is 12.4 Å². The van der Waals surface area contributed by atoms with E-state index in [9.17, 15) is 0 Å². The lowest BCUT2D eigenvalue weighted by Gasteiger charge is -2.20. The fraction of sp³-hybridized carbons (Fsp3) is 0.467. The lowest BCUT2D eigenvalue weighted by molar-refractivity contribution is 0.214. The van der Waals surface area contributed by atoms with E-state index in [1.54, 1.807) is 0 Å². The first-order valence-electron chi connectivity index (χ1n) is 7.14. The van der Waals surface area contributed by atoms with Gasteiger partial charge in [0.1, 0.15) is 0 Å². The van der Waals surface area contributed by atoms with Gasteiger partial charge in [-0.25, -0.2) is 0 Å². The van der Waals surface area contributed by atoms with Crippen LogP contribution in [-0.2, 0) is 13.0 Å². The molecule has 1 aromatic carbocycles. The minimum atomic E-state index is 0. The zero-order chi connectivity index (χ0) is 13.8. The van der Waals surface area contributed by atoms with Gasteiger partial charge in [-0.1, -0.05) is 35.5 Å². The monoisotopic (exact) mass is 308 g/mol. The van der Waals surface area contributed by atoms with Crippen LogP contribution in [0.4, 0.5) is 0 Å². The van der Waals surface area contributed by atoms with Crippen LogP contribution < -0.4 is 5.73 Å². The fourth-order valence-electron chi connectivity index (χ4n) is 2.75. The highest BCUT2D eigenvalue weighted by Gasteiger charge is 2.24. The Morgan fingerprint density at radius 1 is 1.29 bits per heavy atom. The standard InChI is InChI=1S/C15H20N4O.ClH/c16-10-13-7-4-8-19(13)11-15-17-14(18-20-15)9-12-5-2-1-3-6-12;/h1-3,5-6,13H,4,7-11,16H2;1H. The third-order valence-electron chi connectivity index (χ3n) is 3.82. The maximum Gasteiger partial charge on any atom is 0.240 e. The summed E-state index contributed by atoms with van der Waals surface area (Å²) >= 11 is 0. The average molecular weight is 309 g/mol. The summed E-state index contributed by atoms with van der Waals surface area (Å²) in [6.07, 6.45) is 3.08. The smallest absolute Gasteiger partial charge is 0.240 e. The van der Waals surface area contributed by atoms with Crippen LogP contribution in [0.1, 0.15) is 30.1 Å².